The van der Waals surface area contributed by atoms with Gasteiger partial charge in [0.05, 0.1) is 5.52 Å². The summed E-state index contributed by atoms with van der Waals surface area (Å²) in [4.78, 5) is 16.7. The number of hydrogen-bond donors (Lipinski definition) is 2. The van der Waals surface area contributed by atoms with Gasteiger partial charge in [0.15, 0.2) is 0 Å². The highest BCUT2D eigenvalue weighted by atomic mass is 35.5. The van der Waals surface area contributed by atoms with E-state index in [9.17, 15) is 4.79 Å². The summed E-state index contributed by atoms with van der Waals surface area (Å²) in [6, 6.07) is 9.55. The van der Waals surface area contributed by atoms with Gasteiger partial charge in [-0.15, -0.1) is 0 Å². The number of carbonyl (C=O) groups is 1. The summed E-state index contributed by atoms with van der Waals surface area (Å²) in [5.41, 5.74) is 7.10. The van der Waals surface area contributed by atoms with E-state index in [0.29, 0.717) is 10.7 Å². The van der Waals surface area contributed by atoms with Crippen LogP contribution in [0.15, 0.2) is 30.3 Å². The van der Waals surface area contributed by atoms with Crippen molar-refractivity contribution in [2.75, 3.05) is 0 Å². The quantitative estimate of drug-likeness (QED) is 0.896. The van der Waals surface area contributed by atoms with E-state index in [1.165, 1.54) is 0 Å². The lowest BCUT2D eigenvalue weighted by Gasteiger charge is -2.26. The number of amides is 1. The highest BCUT2D eigenvalue weighted by Gasteiger charge is 2.21. The van der Waals surface area contributed by atoms with Crippen molar-refractivity contribution in [1.29, 1.82) is 0 Å². The monoisotopic (exact) mass is 303 g/mol. The molecule has 3 N–H and O–H groups in total. The van der Waals surface area contributed by atoms with Crippen molar-refractivity contribution in [3.05, 3.63) is 41.0 Å². The number of nitrogens with one attached hydrogen (secondary N) is 1. The molecular formula is C16H18ClN3O. The van der Waals surface area contributed by atoms with Gasteiger partial charge in [0.25, 0.3) is 5.91 Å². The predicted molar refractivity (Wildman–Crippen MR) is 84.5 cm³/mol. The number of hydrogen-bond acceptors (Lipinski definition) is 3. The number of halogens is 1. The molecule has 5 heteroatoms. The van der Waals surface area contributed by atoms with Gasteiger partial charge in [0.2, 0.25) is 0 Å². The average Bonchev–Trinajstić information content (AvgIpc) is 2.49. The number of carbonyl (C=O) groups excluding carboxylic acids is 1. The van der Waals surface area contributed by atoms with Gasteiger partial charge in [-0.3, -0.25) is 4.79 Å². The minimum Gasteiger partial charge on any atom is -0.348 e. The van der Waals surface area contributed by atoms with Gasteiger partial charge < -0.3 is 11.1 Å². The molecule has 1 fully saturated rings. The molecule has 2 aromatic rings. The first-order chi connectivity index (χ1) is 10.1. The molecule has 0 aliphatic heterocycles. The maximum atomic E-state index is 12.3. The van der Waals surface area contributed by atoms with Gasteiger partial charge >= 0.3 is 0 Å². The molecule has 0 saturated heterocycles. The molecule has 1 aliphatic rings. The molecule has 0 atom stereocenters. The Morgan fingerprint density at radius 3 is 2.71 bits per heavy atom. The van der Waals surface area contributed by atoms with Crippen molar-refractivity contribution in [3.63, 3.8) is 0 Å². The summed E-state index contributed by atoms with van der Waals surface area (Å²) in [6.07, 6.45) is 3.81. The Labute approximate surface area is 128 Å². The fourth-order valence-corrected chi connectivity index (χ4v) is 2.93. The smallest absolute Gasteiger partial charge is 0.270 e. The number of benzene rings is 1. The molecule has 1 aliphatic carbocycles. The summed E-state index contributed by atoms with van der Waals surface area (Å²) in [7, 11) is 0. The number of rotatable bonds is 2. The fraction of sp³-hybridized carbons (Fsp3) is 0.375. The van der Waals surface area contributed by atoms with Crippen LogP contribution < -0.4 is 11.1 Å². The Hall–Kier alpha value is -1.65. The summed E-state index contributed by atoms with van der Waals surface area (Å²) < 4.78 is 0. The first-order valence-electron chi connectivity index (χ1n) is 7.24. The van der Waals surface area contributed by atoms with Crippen molar-refractivity contribution in [1.82, 2.24) is 10.3 Å². The number of fused-ring (bicyclic) bond motifs is 1. The largest absolute Gasteiger partial charge is 0.348 e. The molecule has 110 valence electrons. The van der Waals surface area contributed by atoms with Gasteiger partial charge in [-0.05, 0) is 49.9 Å². The van der Waals surface area contributed by atoms with E-state index in [-0.39, 0.29) is 18.0 Å². The van der Waals surface area contributed by atoms with E-state index in [1.54, 1.807) is 12.1 Å². The Morgan fingerprint density at radius 1 is 1.19 bits per heavy atom. The van der Waals surface area contributed by atoms with E-state index in [0.717, 1.165) is 36.6 Å². The maximum absolute atomic E-state index is 12.3. The zero-order valence-electron chi connectivity index (χ0n) is 11.7. The Bertz CT molecular complexity index is 666. The lowest BCUT2D eigenvalue weighted by molar-refractivity contribution is 0.0921. The van der Waals surface area contributed by atoms with Crippen LogP contribution in [-0.2, 0) is 0 Å². The van der Waals surface area contributed by atoms with Crippen LogP contribution in [0.4, 0.5) is 0 Å². The Kier molecular flexibility index (Phi) is 4.08. The topological polar surface area (TPSA) is 68.0 Å². The molecule has 1 aromatic heterocycles. The number of nitrogens with two attached hydrogens (primary N) is 1. The van der Waals surface area contributed by atoms with Gasteiger partial charge in [-0.1, -0.05) is 17.7 Å². The Balaban J connectivity index is 1.74. The van der Waals surface area contributed by atoms with Crippen LogP contribution in [0.3, 0.4) is 0 Å². The van der Waals surface area contributed by atoms with E-state index in [4.69, 9.17) is 17.3 Å². The van der Waals surface area contributed by atoms with Crippen molar-refractivity contribution in [3.8, 4) is 0 Å². The highest BCUT2D eigenvalue weighted by molar-refractivity contribution is 6.31. The number of pyridine rings is 1. The van der Waals surface area contributed by atoms with Gasteiger partial charge in [-0.2, -0.15) is 0 Å². The van der Waals surface area contributed by atoms with Crippen LogP contribution in [-0.4, -0.2) is 23.0 Å². The lowest BCUT2D eigenvalue weighted by Crippen LogP contribution is -2.40. The molecule has 1 saturated carbocycles. The minimum atomic E-state index is -0.118. The van der Waals surface area contributed by atoms with Crippen molar-refractivity contribution < 1.29 is 4.79 Å². The van der Waals surface area contributed by atoms with E-state index < -0.39 is 0 Å². The second kappa shape index (κ2) is 6.00. The Morgan fingerprint density at radius 2 is 1.95 bits per heavy atom. The van der Waals surface area contributed by atoms with Gasteiger partial charge in [0.1, 0.15) is 5.69 Å². The molecule has 4 nitrogen and oxygen atoms in total. The SMILES string of the molecule is N[C@H]1CC[C@H](NC(=O)c2ccc3cc(Cl)ccc3n2)CC1. The normalized spacial score (nSPS) is 22.2. The van der Waals surface area contributed by atoms with Crippen LogP contribution in [0.2, 0.25) is 5.02 Å². The van der Waals surface area contributed by atoms with E-state index in [2.05, 4.69) is 10.3 Å². The third-order valence-electron chi connectivity index (χ3n) is 3.99. The number of aromatic nitrogens is 1. The molecule has 0 unspecified atom stereocenters. The highest BCUT2D eigenvalue weighted by Crippen LogP contribution is 2.19. The van der Waals surface area contributed by atoms with Crippen LogP contribution in [0, 0.1) is 0 Å². The third-order valence-corrected chi connectivity index (χ3v) is 4.23. The molecule has 0 spiro atoms. The summed E-state index contributed by atoms with van der Waals surface area (Å²) in [5.74, 6) is -0.118. The molecule has 21 heavy (non-hydrogen) atoms. The molecular weight excluding hydrogens is 286 g/mol. The predicted octanol–water partition coefficient (Wildman–Crippen LogP) is 2.89. The molecule has 0 radical (unpaired) electrons. The molecule has 1 aromatic carbocycles. The fourth-order valence-electron chi connectivity index (χ4n) is 2.75. The van der Waals surface area contributed by atoms with E-state index >= 15 is 0 Å². The zero-order valence-corrected chi connectivity index (χ0v) is 12.4. The summed E-state index contributed by atoms with van der Waals surface area (Å²) in [6.45, 7) is 0. The first-order valence-corrected chi connectivity index (χ1v) is 7.62. The third kappa shape index (κ3) is 3.34. The number of nitrogens with zero attached hydrogens (tertiary/aromatic N) is 1. The molecule has 1 amide bonds. The van der Waals surface area contributed by atoms with Crippen molar-refractivity contribution in [2.24, 2.45) is 5.73 Å². The zero-order chi connectivity index (χ0) is 14.8. The van der Waals surface area contributed by atoms with Gasteiger partial charge in [0, 0.05) is 22.5 Å². The minimum absolute atomic E-state index is 0.118. The second-order valence-electron chi connectivity index (χ2n) is 5.62. The van der Waals surface area contributed by atoms with E-state index in [1.807, 2.05) is 18.2 Å². The maximum Gasteiger partial charge on any atom is 0.270 e. The standard InChI is InChI=1S/C16H18ClN3O/c17-11-2-8-14-10(9-11)1-7-15(20-14)16(21)19-13-5-3-12(18)4-6-13/h1-2,7-9,12-13H,3-6,18H2,(H,19,21)/t12-,13-. The summed E-state index contributed by atoms with van der Waals surface area (Å²) in [5, 5.41) is 4.65. The van der Waals surface area contributed by atoms with Crippen molar-refractivity contribution >= 4 is 28.4 Å². The summed E-state index contributed by atoms with van der Waals surface area (Å²) >= 11 is 5.94. The van der Waals surface area contributed by atoms with Gasteiger partial charge in [-0.25, -0.2) is 4.98 Å². The van der Waals surface area contributed by atoms with Crippen LogP contribution in [0.5, 0.6) is 0 Å². The van der Waals surface area contributed by atoms with Crippen LogP contribution in [0.25, 0.3) is 10.9 Å². The average molecular weight is 304 g/mol. The van der Waals surface area contributed by atoms with Crippen LogP contribution in [0.1, 0.15) is 36.2 Å². The second-order valence-corrected chi connectivity index (χ2v) is 6.06. The molecule has 3 rings (SSSR count). The lowest BCUT2D eigenvalue weighted by atomic mass is 9.92. The molecule has 0 bridgehead atoms. The van der Waals surface area contributed by atoms with Crippen LogP contribution >= 0.6 is 11.6 Å². The first kappa shape index (κ1) is 14.3. The molecule has 1 heterocycles. The van der Waals surface area contributed by atoms with Crippen molar-refractivity contribution in [2.45, 2.75) is 37.8 Å².